The van der Waals surface area contributed by atoms with E-state index in [9.17, 15) is 4.79 Å². The third-order valence-corrected chi connectivity index (χ3v) is 1.91. The van der Waals surface area contributed by atoms with Gasteiger partial charge in [-0.2, -0.15) is 0 Å². The molecule has 1 atom stereocenters. The maximum atomic E-state index is 10.9. The molecule has 2 nitrogen and oxygen atoms in total. The molecule has 1 fully saturated rings. The zero-order valence-corrected chi connectivity index (χ0v) is 8.76. The SMILES string of the molecule is CCC.C[C@H]1CCN(C)C(=O)C1. The molecule has 0 bridgehead atoms. The van der Waals surface area contributed by atoms with Crippen molar-refractivity contribution in [3.8, 4) is 0 Å². The molecule has 1 heterocycles. The number of hydrogen-bond acceptors (Lipinski definition) is 1. The highest BCUT2D eigenvalue weighted by molar-refractivity contribution is 5.76. The quantitative estimate of drug-likeness (QED) is 0.547. The van der Waals surface area contributed by atoms with Gasteiger partial charge in [0.05, 0.1) is 0 Å². The Hall–Kier alpha value is -0.530. The summed E-state index contributed by atoms with van der Waals surface area (Å²) in [6.45, 7) is 7.32. The lowest BCUT2D eigenvalue weighted by Gasteiger charge is -2.26. The Morgan fingerprint density at radius 1 is 1.50 bits per heavy atom. The van der Waals surface area contributed by atoms with E-state index in [0.29, 0.717) is 11.8 Å². The van der Waals surface area contributed by atoms with E-state index < -0.39 is 0 Å². The van der Waals surface area contributed by atoms with Gasteiger partial charge in [-0.15, -0.1) is 0 Å². The van der Waals surface area contributed by atoms with E-state index in [0.717, 1.165) is 13.0 Å². The molecule has 1 amide bonds. The van der Waals surface area contributed by atoms with Gasteiger partial charge in [-0.3, -0.25) is 4.79 Å². The molecule has 0 unspecified atom stereocenters. The van der Waals surface area contributed by atoms with E-state index in [1.165, 1.54) is 12.8 Å². The molecule has 12 heavy (non-hydrogen) atoms. The maximum Gasteiger partial charge on any atom is 0.222 e. The van der Waals surface area contributed by atoms with Gasteiger partial charge < -0.3 is 4.90 Å². The summed E-state index contributed by atoms with van der Waals surface area (Å²) in [4.78, 5) is 12.7. The minimum atomic E-state index is 0.300. The highest BCUT2D eigenvalue weighted by Gasteiger charge is 2.18. The fraction of sp³-hybridized carbons (Fsp3) is 0.900. The number of carbonyl (C=O) groups is 1. The fourth-order valence-corrected chi connectivity index (χ4v) is 1.09. The minimum Gasteiger partial charge on any atom is -0.346 e. The van der Waals surface area contributed by atoms with Gasteiger partial charge in [-0.25, -0.2) is 0 Å². The monoisotopic (exact) mass is 171 g/mol. The predicted octanol–water partition coefficient (Wildman–Crippen LogP) is 2.29. The molecule has 1 aliphatic heterocycles. The lowest BCUT2D eigenvalue weighted by molar-refractivity contribution is -0.133. The molecule has 1 saturated heterocycles. The van der Waals surface area contributed by atoms with E-state index >= 15 is 0 Å². The molecule has 0 spiro atoms. The third kappa shape index (κ3) is 4.37. The summed E-state index contributed by atoms with van der Waals surface area (Å²) >= 11 is 0. The topological polar surface area (TPSA) is 20.3 Å². The highest BCUT2D eigenvalue weighted by Crippen LogP contribution is 2.15. The molecule has 0 N–H and O–H groups in total. The van der Waals surface area contributed by atoms with E-state index in [4.69, 9.17) is 0 Å². The largest absolute Gasteiger partial charge is 0.346 e. The van der Waals surface area contributed by atoms with E-state index in [1.54, 1.807) is 4.90 Å². The van der Waals surface area contributed by atoms with Crippen molar-refractivity contribution in [1.29, 1.82) is 0 Å². The first-order chi connectivity index (χ1) is 5.61. The number of amides is 1. The molecule has 0 aromatic rings. The van der Waals surface area contributed by atoms with Crippen LogP contribution in [-0.2, 0) is 4.79 Å². The normalized spacial score (nSPS) is 23.2. The fourth-order valence-electron chi connectivity index (χ4n) is 1.09. The van der Waals surface area contributed by atoms with E-state index in [1.807, 2.05) is 7.05 Å². The summed E-state index contributed by atoms with van der Waals surface area (Å²) in [6.07, 6.45) is 3.17. The summed E-state index contributed by atoms with van der Waals surface area (Å²) in [7, 11) is 1.87. The van der Waals surface area contributed by atoms with Crippen LogP contribution in [0.4, 0.5) is 0 Å². The summed E-state index contributed by atoms with van der Waals surface area (Å²) in [5.41, 5.74) is 0. The van der Waals surface area contributed by atoms with Crippen molar-refractivity contribution in [1.82, 2.24) is 4.90 Å². The second-order valence-corrected chi connectivity index (χ2v) is 3.62. The van der Waals surface area contributed by atoms with Gasteiger partial charge in [-0.1, -0.05) is 27.2 Å². The molecule has 0 aliphatic carbocycles. The Kier molecular flexibility index (Phi) is 5.77. The van der Waals surface area contributed by atoms with E-state index in [-0.39, 0.29) is 0 Å². The maximum absolute atomic E-state index is 10.9. The van der Waals surface area contributed by atoms with Gasteiger partial charge >= 0.3 is 0 Å². The average molecular weight is 171 g/mol. The number of hydrogen-bond donors (Lipinski definition) is 0. The summed E-state index contributed by atoms with van der Waals surface area (Å²) in [6, 6.07) is 0. The molecule has 1 rings (SSSR count). The van der Waals surface area contributed by atoms with Crippen LogP contribution in [0.5, 0.6) is 0 Å². The summed E-state index contributed by atoms with van der Waals surface area (Å²) in [5, 5.41) is 0. The number of likely N-dealkylation sites (tertiary alicyclic amines) is 1. The van der Waals surface area contributed by atoms with Gasteiger partial charge in [-0.05, 0) is 12.3 Å². The number of nitrogens with zero attached hydrogens (tertiary/aromatic N) is 1. The van der Waals surface area contributed by atoms with Crippen LogP contribution < -0.4 is 0 Å². The summed E-state index contributed by atoms with van der Waals surface area (Å²) in [5.74, 6) is 0.905. The number of piperidine rings is 1. The number of carbonyl (C=O) groups excluding carboxylic acids is 1. The first-order valence-electron chi connectivity index (χ1n) is 4.85. The van der Waals surface area contributed by atoms with Gasteiger partial charge in [0.15, 0.2) is 0 Å². The second kappa shape index (κ2) is 6.04. The van der Waals surface area contributed by atoms with Crippen LogP contribution in [-0.4, -0.2) is 24.4 Å². The Labute approximate surface area is 75.9 Å². The zero-order chi connectivity index (χ0) is 9.56. The molecular formula is C10H21NO. The molecule has 0 aromatic heterocycles. The van der Waals surface area contributed by atoms with Crippen LogP contribution in [0.15, 0.2) is 0 Å². The molecule has 0 saturated carbocycles. The van der Waals surface area contributed by atoms with E-state index in [2.05, 4.69) is 20.8 Å². The van der Waals surface area contributed by atoms with Gasteiger partial charge in [0.2, 0.25) is 5.91 Å². The Morgan fingerprint density at radius 2 is 2.00 bits per heavy atom. The lowest BCUT2D eigenvalue weighted by Crippen LogP contribution is -2.34. The first-order valence-corrected chi connectivity index (χ1v) is 4.85. The van der Waals surface area contributed by atoms with Crippen molar-refractivity contribution in [2.75, 3.05) is 13.6 Å². The van der Waals surface area contributed by atoms with Gasteiger partial charge in [0.1, 0.15) is 0 Å². The van der Waals surface area contributed by atoms with Crippen molar-refractivity contribution in [2.24, 2.45) is 5.92 Å². The zero-order valence-electron chi connectivity index (χ0n) is 8.76. The average Bonchev–Trinajstić information content (AvgIpc) is 1.99. The summed E-state index contributed by atoms with van der Waals surface area (Å²) < 4.78 is 0. The van der Waals surface area contributed by atoms with Crippen molar-refractivity contribution in [3.05, 3.63) is 0 Å². The molecule has 0 aromatic carbocycles. The van der Waals surface area contributed by atoms with Crippen LogP contribution >= 0.6 is 0 Å². The second-order valence-electron chi connectivity index (χ2n) is 3.62. The Morgan fingerprint density at radius 3 is 2.33 bits per heavy atom. The van der Waals surface area contributed by atoms with Crippen LogP contribution in [0.25, 0.3) is 0 Å². The Balaban J connectivity index is 0.000000354. The van der Waals surface area contributed by atoms with Crippen molar-refractivity contribution >= 4 is 5.91 Å². The molecule has 2 heteroatoms. The molecule has 72 valence electrons. The third-order valence-electron chi connectivity index (χ3n) is 1.91. The van der Waals surface area contributed by atoms with Crippen molar-refractivity contribution < 1.29 is 4.79 Å². The van der Waals surface area contributed by atoms with Crippen LogP contribution in [0.3, 0.4) is 0 Å². The molecule has 1 aliphatic rings. The minimum absolute atomic E-state index is 0.300. The van der Waals surface area contributed by atoms with Crippen molar-refractivity contribution in [3.63, 3.8) is 0 Å². The first kappa shape index (κ1) is 11.5. The van der Waals surface area contributed by atoms with Crippen LogP contribution in [0.2, 0.25) is 0 Å². The van der Waals surface area contributed by atoms with Gasteiger partial charge in [0, 0.05) is 20.0 Å². The van der Waals surface area contributed by atoms with Gasteiger partial charge in [0.25, 0.3) is 0 Å². The Bertz CT molecular complexity index is 134. The van der Waals surface area contributed by atoms with Crippen LogP contribution in [0.1, 0.15) is 40.0 Å². The van der Waals surface area contributed by atoms with Crippen LogP contribution in [0, 0.1) is 5.92 Å². The molecular weight excluding hydrogens is 150 g/mol. The molecule has 0 radical (unpaired) electrons. The lowest BCUT2D eigenvalue weighted by atomic mass is 9.99. The number of rotatable bonds is 0. The standard InChI is InChI=1S/C7H13NO.C3H8/c1-6-3-4-8(2)7(9)5-6;1-3-2/h6H,3-5H2,1-2H3;3H2,1-2H3/t6-;/m0./s1. The smallest absolute Gasteiger partial charge is 0.222 e. The highest BCUT2D eigenvalue weighted by atomic mass is 16.2. The predicted molar refractivity (Wildman–Crippen MR) is 52.0 cm³/mol. The van der Waals surface area contributed by atoms with Crippen molar-refractivity contribution in [2.45, 2.75) is 40.0 Å².